The highest BCUT2D eigenvalue weighted by Gasteiger charge is 2.27. The summed E-state index contributed by atoms with van der Waals surface area (Å²) >= 11 is 3.63. The van der Waals surface area contributed by atoms with E-state index in [4.69, 9.17) is 4.74 Å². The lowest BCUT2D eigenvalue weighted by molar-refractivity contribution is 0.319. The predicted molar refractivity (Wildman–Crippen MR) is 82.7 cm³/mol. The first kappa shape index (κ1) is 15.6. The Labute approximate surface area is 120 Å². The number of halogens is 1. The van der Waals surface area contributed by atoms with Gasteiger partial charge in [0, 0.05) is 15.6 Å². The van der Waals surface area contributed by atoms with Gasteiger partial charge in [0.25, 0.3) is 0 Å². The van der Waals surface area contributed by atoms with Gasteiger partial charge in [0.15, 0.2) is 0 Å². The van der Waals surface area contributed by atoms with Crippen molar-refractivity contribution in [2.45, 2.75) is 59.3 Å². The van der Waals surface area contributed by atoms with E-state index in [1.165, 1.54) is 11.1 Å². The molecule has 0 aliphatic rings. The number of hydrogen-bond donors (Lipinski definition) is 0. The lowest BCUT2D eigenvalue weighted by Crippen LogP contribution is -2.19. The first-order chi connectivity index (χ1) is 8.07. The summed E-state index contributed by atoms with van der Waals surface area (Å²) in [6, 6.07) is 4.36. The summed E-state index contributed by atoms with van der Waals surface area (Å²) in [6.07, 6.45) is 0. The third-order valence-corrected chi connectivity index (χ3v) is 3.42. The molecule has 0 aliphatic heterocycles. The van der Waals surface area contributed by atoms with Crippen molar-refractivity contribution in [3.63, 3.8) is 0 Å². The van der Waals surface area contributed by atoms with Crippen LogP contribution in [0.3, 0.4) is 0 Å². The zero-order chi connectivity index (χ0) is 14.1. The third kappa shape index (κ3) is 3.50. The molecule has 0 saturated heterocycles. The minimum atomic E-state index is 0.0777. The van der Waals surface area contributed by atoms with Gasteiger partial charge in [-0.25, -0.2) is 0 Å². The molecule has 0 fully saturated rings. The van der Waals surface area contributed by atoms with Crippen molar-refractivity contribution in [3.8, 4) is 5.75 Å². The molecule has 0 N–H and O–H groups in total. The first-order valence-corrected chi connectivity index (χ1v) is 7.34. The van der Waals surface area contributed by atoms with Crippen molar-refractivity contribution in [1.29, 1.82) is 0 Å². The predicted octanol–water partition coefficient (Wildman–Crippen LogP) is 5.44. The molecule has 0 aromatic heterocycles. The average molecular weight is 313 g/mol. The number of benzene rings is 1. The second-order valence-electron chi connectivity index (χ2n) is 6.76. The SMILES string of the molecule is CCOc1c(C(C)(C)C)cc(Br)cc1C(C)(C)C. The van der Waals surface area contributed by atoms with Crippen LogP contribution < -0.4 is 4.74 Å². The molecule has 0 radical (unpaired) electrons. The molecule has 0 bridgehead atoms. The van der Waals surface area contributed by atoms with Gasteiger partial charge < -0.3 is 4.74 Å². The van der Waals surface area contributed by atoms with Crippen molar-refractivity contribution < 1.29 is 4.74 Å². The van der Waals surface area contributed by atoms with Crippen LogP contribution >= 0.6 is 15.9 Å². The van der Waals surface area contributed by atoms with Crippen molar-refractivity contribution in [3.05, 3.63) is 27.7 Å². The Balaban J connectivity index is 3.56. The van der Waals surface area contributed by atoms with E-state index in [0.717, 1.165) is 10.2 Å². The lowest BCUT2D eigenvalue weighted by Gasteiger charge is -2.29. The maximum absolute atomic E-state index is 5.96. The Morgan fingerprint density at radius 1 is 0.944 bits per heavy atom. The van der Waals surface area contributed by atoms with E-state index in [9.17, 15) is 0 Å². The topological polar surface area (TPSA) is 9.23 Å². The monoisotopic (exact) mass is 312 g/mol. The van der Waals surface area contributed by atoms with Gasteiger partial charge in [-0.1, -0.05) is 57.5 Å². The Hall–Kier alpha value is -0.500. The molecule has 0 spiro atoms. The van der Waals surface area contributed by atoms with Crippen LogP contribution in [-0.4, -0.2) is 6.61 Å². The molecule has 0 atom stereocenters. The summed E-state index contributed by atoms with van der Waals surface area (Å²) < 4.78 is 7.08. The highest BCUT2D eigenvalue weighted by atomic mass is 79.9. The van der Waals surface area contributed by atoms with Gasteiger partial charge in [-0.2, -0.15) is 0 Å². The van der Waals surface area contributed by atoms with Crippen LogP contribution in [0, 0.1) is 0 Å². The van der Waals surface area contributed by atoms with Gasteiger partial charge in [0.1, 0.15) is 5.75 Å². The van der Waals surface area contributed by atoms with Crippen LogP contribution in [-0.2, 0) is 10.8 Å². The molecule has 1 aromatic carbocycles. The molecule has 0 saturated carbocycles. The second-order valence-corrected chi connectivity index (χ2v) is 7.68. The highest BCUT2D eigenvalue weighted by molar-refractivity contribution is 9.10. The van der Waals surface area contributed by atoms with Crippen LogP contribution in [0.1, 0.15) is 59.6 Å². The largest absolute Gasteiger partial charge is 0.493 e. The first-order valence-electron chi connectivity index (χ1n) is 6.54. The molecule has 2 heteroatoms. The average Bonchev–Trinajstić information content (AvgIpc) is 2.17. The maximum Gasteiger partial charge on any atom is 0.126 e. The highest BCUT2D eigenvalue weighted by Crippen LogP contribution is 2.41. The van der Waals surface area contributed by atoms with Crippen LogP contribution in [0.25, 0.3) is 0 Å². The summed E-state index contributed by atoms with van der Waals surface area (Å²) in [6.45, 7) is 16.1. The van der Waals surface area contributed by atoms with Crippen LogP contribution in [0.15, 0.2) is 16.6 Å². The van der Waals surface area contributed by atoms with Gasteiger partial charge in [-0.05, 0) is 29.9 Å². The fourth-order valence-corrected chi connectivity index (χ4v) is 2.47. The maximum atomic E-state index is 5.96. The van der Waals surface area contributed by atoms with Crippen LogP contribution in [0.2, 0.25) is 0 Å². The fourth-order valence-electron chi connectivity index (χ4n) is 2.01. The molecule has 1 aromatic rings. The van der Waals surface area contributed by atoms with Crippen molar-refractivity contribution in [1.82, 2.24) is 0 Å². The molecule has 0 amide bonds. The van der Waals surface area contributed by atoms with Crippen LogP contribution in [0.5, 0.6) is 5.75 Å². The fraction of sp³-hybridized carbons (Fsp3) is 0.625. The number of hydrogen-bond acceptors (Lipinski definition) is 1. The number of rotatable bonds is 2. The molecular formula is C16H25BrO. The van der Waals surface area contributed by atoms with Crippen molar-refractivity contribution >= 4 is 15.9 Å². The van der Waals surface area contributed by atoms with E-state index >= 15 is 0 Å². The molecule has 1 rings (SSSR count). The van der Waals surface area contributed by atoms with E-state index in [1.54, 1.807) is 0 Å². The van der Waals surface area contributed by atoms with Gasteiger partial charge >= 0.3 is 0 Å². The zero-order valence-corrected chi connectivity index (χ0v) is 14.2. The Kier molecular flexibility index (Phi) is 4.53. The molecule has 102 valence electrons. The van der Waals surface area contributed by atoms with E-state index in [1.807, 2.05) is 6.92 Å². The van der Waals surface area contributed by atoms with Crippen molar-refractivity contribution in [2.24, 2.45) is 0 Å². The molecule has 0 aliphatic carbocycles. The van der Waals surface area contributed by atoms with Gasteiger partial charge in [-0.3, -0.25) is 0 Å². The quantitative estimate of drug-likeness (QED) is 0.706. The van der Waals surface area contributed by atoms with Crippen molar-refractivity contribution in [2.75, 3.05) is 6.61 Å². The zero-order valence-electron chi connectivity index (χ0n) is 12.6. The second kappa shape index (κ2) is 5.24. The standard InChI is InChI=1S/C16H25BrO/c1-8-18-14-12(15(2,3)4)9-11(17)10-13(14)16(5,6)7/h9-10H,8H2,1-7H3. The summed E-state index contributed by atoms with van der Waals surface area (Å²) in [7, 11) is 0. The van der Waals surface area contributed by atoms with Gasteiger partial charge in [0.2, 0.25) is 0 Å². The summed E-state index contributed by atoms with van der Waals surface area (Å²) in [4.78, 5) is 0. The minimum absolute atomic E-state index is 0.0777. The van der Waals surface area contributed by atoms with E-state index in [-0.39, 0.29) is 10.8 Å². The van der Waals surface area contributed by atoms with Gasteiger partial charge in [-0.15, -0.1) is 0 Å². The molecule has 18 heavy (non-hydrogen) atoms. The molecule has 1 nitrogen and oxygen atoms in total. The van der Waals surface area contributed by atoms with Gasteiger partial charge in [0.05, 0.1) is 6.61 Å². The smallest absolute Gasteiger partial charge is 0.126 e. The third-order valence-electron chi connectivity index (χ3n) is 2.96. The molecule has 0 unspecified atom stereocenters. The minimum Gasteiger partial charge on any atom is -0.493 e. The summed E-state index contributed by atoms with van der Waals surface area (Å²) in [5, 5.41) is 0. The van der Waals surface area contributed by atoms with Crippen LogP contribution in [0.4, 0.5) is 0 Å². The number of ether oxygens (including phenoxy) is 1. The molecule has 0 heterocycles. The Morgan fingerprint density at radius 3 is 1.61 bits per heavy atom. The van der Waals surface area contributed by atoms with E-state index in [0.29, 0.717) is 6.61 Å². The Bertz CT molecular complexity index is 387. The van der Waals surface area contributed by atoms with E-state index < -0.39 is 0 Å². The molecular weight excluding hydrogens is 288 g/mol. The summed E-state index contributed by atoms with van der Waals surface area (Å²) in [5.41, 5.74) is 2.69. The van der Waals surface area contributed by atoms with E-state index in [2.05, 4.69) is 69.6 Å². The summed E-state index contributed by atoms with van der Waals surface area (Å²) in [5.74, 6) is 1.06. The lowest BCUT2D eigenvalue weighted by atomic mass is 9.79. The Morgan fingerprint density at radius 2 is 1.33 bits per heavy atom. The normalized spacial score (nSPS) is 12.7.